The first-order chi connectivity index (χ1) is 9.90. The van der Waals surface area contributed by atoms with E-state index in [1.165, 1.54) is 0 Å². The van der Waals surface area contributed by atoms with Gasteiger partial charge in [0.15, 0.2) is 6.10 Å². The lowest BCUT2D eigenvalue weighted by Crippen LogP contribution is -2.25. The zero-order valence-corrected chi connectivity index (χ0v) is 12.7. The summed E-state index contributed by atoms with van der Waals surface area (Å²) in [6.45, 7) is 7.45. The lowest BCUT2D eigenvalue weighted by Gasteiger charge is -2.14. The molecule has 1 aromatic carbocycles. The molecule has 1 aromatic heterocycles. The minimum atomic E-state index is -0.818. The predicted octanol–water partition coefficient (Wildman–Crippen LogP) is 3.37. The fourth-order valence-corrected chi connectivity index (χ4v) is 2.18. The number of hydrogen-bond donors (Lipinski definition) is 1. The molecule has 0 aliphatic carbocycles. The number of H-pyrrole nitrogens is 1. The first-order valence-corrected chi connectivity index (χ1v) is 6.86. The van der Waals surface area contributed by atoms with Gasteiger partial charge in [0, 0.05) is 11.8 Å². The topological polar surface area (TPSA) is 59.2 Å². The smallest absolute Gasteiger partial charge is 0.355 e. The molecule has 2 aromatic rings. The van der Waals surface area contributed by atoms with E-state index in [1.54, 1.807) is 25.3 Å². The summed E-state index contributed by atoms with van der Waals surface area (Å²) in [5, 5.41) is 0. The highest BCUT2D eigenvalue weighted by Crippen LogP contribution is 2.18. The molecule has 0 bridgehead atoms. The molecular weight excluding hydrogens is 266 g/mol. The Morgan fingerprint density at radius 2 is 1.76 bits per heavy atom. The molecule has 2 rings (SSSR count). The number of aromatic nitrogens is 1. The maximum atomic E-state index is 12.4. The number of aromatic amines is 1. The van der Waals surface area contributed by atoms with Crippen LogP contribution in [0, 0.1) is 20.8 Å². The number of benzene rings is 1. The summed E-state index contributed by atoms with van der Waals surface area (Å²) in [5.41, 5.74) is 4.02. The third-order valence-electron chi connectivity index (χ3n) is 3.58. The number of Topliss-reactive ketones (excluding diaryl/α,β-unsaturated/α-hetero) is 1. The van der Waals surface area contributed by atoms with E-state index in [9.17, 15) is 9.59 Å². The zero-order valence-electron chi connectivity index (χ0n) is 12.7. The first kappa shape index (κ1) is 15.0. The van der Waals surface area contributed by atoms with E-state index in [2.05, 4.69) is 4.98 Å². The van der Waals surface area contributed by atoms with Crippen LogP contribution < -0.4 is 0 Å². The fraction of sp³-hybridized carbons (Fsp3) is 0.294. The average Bonchev–Trinajstić information content (AvgIpc) is 2.96. The number of nitrogens with one attached hydrogen (secondary N) is 1. The molecule has 110 valence electrons. The second kappa shape index (κ2) is 5.95. The molecule has 0 amide bonds. The van der Waals surface area contributed by atoms with Gasteiger partial charge in [0.25, 0.3) is 0 Å². The van der Waals surface area contributed by atoms with E-state index < -0.39 is 12.1 Å². The lowest BCUT2D eigenvalue weighted by molar-refractivity contribution is 0.0313. The van der Waals surface area contributed by atoms with Crippen molar-refractivity contribution in [3.05, 3.63) is 58.4 Å². The van der Waals surface area contributed by atoms with Gasteiger partial charge in [0.1, 0.15) is 5.69 Å². The monoisotopic (exact) mass is 285 g/mol. The van der Waals surface area contributed by atoms with E-state index in [4.69, 9.17) is 4.74 Å². The summed E-state index contributed by atoms with van der Waals surface area (Å²) in [6, 6.07) is 7.14. The molecule has 0 fully saturated rings. The molecule has 21 heavy (non-hydrogen) atoms. The van der Waals surface area contributed by atoms with E-state index in [1.807, 2.05) is 32.9 Å². The van der Waals surface area contributed by atoms with Crippen molar-refractivity contribution in [1.29, 1.82) is 0 Å². The summed E-state index contributed by atoms with van der Waals surface area (Å²) in [7, 11) is 0. The quantitative estimate of drug-likeness (QED) is 0.692. The Kier molecular flexibility index (Phi) is 4.26. The molecule has 0 spiro atoms. The van der Waals surface area contributed by atoms with Crippen LogP contribution in [0.2, 0.25) is 0 Å². The molecule has 0 saturated carbocycles. The highest BCUT2D eigenvalue weighted by molar-refractivity contribution is 6.02. The summed E-state index contributed by atoms with van der Waals surface area (Å²) in [6.07, 6.45) is 0.818. The lowest BCUT2D eigenvalue weighted by atomic mass is 9.96. The minimum Gasteiger partial charge on any atom is -0.450 e. The van der Waals surface area contributed by atoms with Crippen LogP contribution in [0.15, 0.2) is 30.5 Å². The van der Waals surface area contributed by atoms with E-state index in [0.717, 1.165) is 16.7 Å². The fourth-order valence-electron chi connectivity index (χ4n) is 2.18. The van der Waals surface area contributed by atoms with Gasteiger partial charge in [-0.1, -0.05) is 6.07 Å². The second-order valence-electron chi connectivity index (χ2n) is 5.25. The normalized spacial score (nSPS) is 12.0. The molecular formula is C17H19NO3. The number of esters is 1. The van der Waals surface area contributed by atoms with E-state index in [-0.39, 0.29) is 5.78 Å². The van der Waals surface area contributed by atoms with Crippen LogP contribution >= 0.6 is 0 Å². The number of carbonyl (C=O) groups excluding carboxylic acids is 2. The molecule has 4 heteroatoms. The van der Waals surface area contributed by atoms with Crippen LogP contribution in [-0.4, -0.2) is 22.8 Å². The van der Waals surface area contributed by atoms with Crippen LogP contribution in [0.3, 0.4) is 0 Å². The Hall–Kier alpha value is -2.36. The molecule has 1 N–H and O–H groups in total. The van der Waals surface area contributed by atoms with Gasteiger partial charge in [0.05, 0.1) is 0 Å². The number of hydrogen-bond acceptors (Lipinski definition) is 3. The van der Waals surface area contributed by atoms with Crippen molar-refractivity contribution < 1.29 is 14.3 Å². The van der Waals surface area contributed by atoms with Gasteiger partial charge in [-0.2, -0.15) is 0 Å². The maximum absolute atomic E-state index is 12.4. The Morgan fingerprint density at radius 3 is 2.38 bits per heavy atom. The van der Waals surface area contributed by atoms with Crippen molar-refractivity contribution >= 4 is 11.8 Å². The van der Waals surface area contributed by atoms with Crippen LogP contribution in [-0.2, 0) is 4.74 Å². The van der Waals surface area contributed by atoms with Crippen molar-refractivity contribution in [2.75, 3.05) is 0 Å². The molecule has 1 heterocycles. The number of carbonyl (C=O) groups is 2. The summed E-state index contributed by atoms with van der Waals surface area (Å²) < 4.78 is 5.22. The number of rotatable bonds is 4. The Labute approximate surface area is 124 Å². The predicted molar refractivity (Wildman–Crippen MR) is 80.7 cm³/mol. The van der Waals surface area contributed by atoms with Gasteiger partial charge < -0.3 is 9.72 Å². The highest BCUT2D eigenvalue weighted by atomic mass is 16.5. The van der Waals surface area contributed by atoms with Crippen LogP contribution in [0.25, 0.3) is 0 Å². The summed E-state index contributed by atoms with van der Waals surface area (Å²) in [4.78, 5) is 27.1. The van der Waals surface area contributed by atoms with Crippen molar-refractivity contribution in [3.63, 3.8) is 0 Å². The largest absolute Gasteiger partial charge is 0.450 e. The van der Waals surface area contributed by atoms with Gasteiger partial charge in [-0.3, -0.25) is 4.79 Å². The molecule has 0 aliphatic rings. The van der Waals surface area contributed by atoms with Crippen molar-refractivity contribution in [2.24, 2.45) is 0 Å². The van der Waals surface area contributed by atoms with Gasteiger partial charge in [-0.25, -0.2) is 4.79 Å². The molecule has 4 nitrogen and oxygen atoms in total. The van der Waals surface area contributed by atoms with E-state index >= 15 is 0 Å². The van der Waals surface area contributed by atoms with Gasteiger partial charge in [0.2, 0.25) is 5.78 Å². The van der Waals surface area contributed by atoms with Crippen molar-refractivity contribution in [1.82, 2.24) is 4.98 Å². The third kappa shape index (κ3) is 3.21. The first-order valence-electron chi connectivity index (χ1n) is 6.86. The summed E-state index contributed by atoms with van der Waals surface area (Å²) >= 11 is 0. The van der Waals surface area contributed by atoms with Gasteiger partial charge in [-0.05, 0) is 62.6 Å². The Morgan fingerprint density at radius 1 is 1.10 bits per heavy atom. The second-order valence-corrected chi connectivity index (χ2v) is 5.25. The van der Waals surface area contributed by atoms with Crippen molar-refractivity contribution in [2.45, 2.75) is 33.8 Å². The molecule has 1 atom stereocenters. The van der Waals surface area contributed by atoms with Crippen LogP contribution in [0.4, 0.5) is 0 Å². The molecule has 0 saturated heterocycles. The SMILES string of the molecule is Cc1cc(C)c(C(=O)[C@@H](C)OC(=O)c2ccc[nH]2)cc1C. The number of aryl methyl sites for hydroxylation is 3. The highest BCUT2D eigenvalue weighted by Gasteiger charge is 2.22. The summed E-state index contributed by atoms with van der Waals surface area (Å²) in [5.74, 6) is -0.710. The molecule has 0 radical (unpaired) electrons. The van der Waals surface area contributed by atoms with Crippen LogP contribution in [0.1, 0.15) is 44.5 Å². The van der Waals surface area contributed by atoms with Crippen molar-refractivity contribution in [3.8, 4) is 0 Å². The minimum absolute atomic E-state index is 0.185. The maximum Gasteiger partial charge on any atom is 0.355 e. The zero-order chi connectivity index (χ0) is 15.6. The number of ketones is 1. The Balaban J connectivity index is 2.16. The van der Waals surface area contributed by atoms with E-state index in [0.29, 0.717) is 11.3 Å². The third-order valence-corrected chi connectivity index (χ3v) is 3.58. The molecule has 0 unspecified atom stereocenters. The van der Waals surface area contributed by atoms with Gasteiger partial charge >= 0.3 is 5.97 Å². The van der Waals surface area contributed by atoms with Crippen LogP contribution in [0.5, 0.6) is 0 Å². The standard InChI is InChI=1S/C17H19NO3/c1-10-8-12(3)14(9-11(10)2)16(19)13(4)21-17(20)15-6-5-7-18-15/h5-9,13,18H,1-4H3/t13-/m1/s1. The van der Waals surface area contributed by atoms with Gasteiger partial charge in [-0.15, -0.1) is 0 Å². The Bertz CT molecular complexity index is 672. The number of ether oxygens (including phenoxy) is 1. The molecule has 0 aliphatic heterocycles. The average molecular weight is 285 g/mol.